The van der Waals surface area contributed by atoms with Crippen molar-refractivity contribution in [2.45, 2.75) is 17.9 Å². The summed E-state index contributed by atoms with van der Waals surface area (Å²) in [5, 5.41) is 30.2. The first-order valence-corrected chi connectivity index (χ1v) is 7.61. The summed E-state index contributed by atoms with van der Waals surface area (Å²) in [6, 6.07) is 0. The Morgan fingerprint density at radius 2 is 2.22 bits per heavy atom. The topological polar surface area (TPSA) is 147 Å². The maximum Gasteiger partial charge on any atom is 0.312 e. The van der Waals surface area contributed by atoms with Gasteiger partial charge in [0.1, 0.15) is 16.9 Å². The summed E-state index contributed by atoms with van der Waals surface area (Å²) in [4.78, 5) is 21.7. The molecule has 0 bridgehead atoms. The summed E-state index contributed by atoms with van der Waals surface area (Å²) in [6.07, 6.45) is -2.48. The number of nitrogens with zero attached hydrogens (tertiary/aromatic N) is 4. The van der Waals surface area contributed by atoms with Gasteiger partial charge in [-0.1, -0.05) is 11.3 Å². The van der Waals surface area contributed by atoms with Crippen LogP contribution < -0.4 is 15.5 Å². The van der Waals surface area contributed by atoms with Gasteiger partial charge >= 0.3 is 4.87 Å². The van der Waals surface area contributed by atoms with Crippen LogP contribution >= 0.6 is 11.3 Å². The van der Waals surface area contributed by atoms with Crippen LogP contribution in [0.3, 0.4) is 0 Å². The lowest BCUT2D eigenvalue weighted by molar-refractivity contribution is -0.111. The van der Waals surface area contributed by atoms with Gasteiger partial charge in [0.05, 0.1) is 13.2 Å². The van der Waals surface area contributed by atoms with Crippen molar-refractivity contribution in [1.82, 2.24) is 14.5 Å². The average Bonchev–Trinajstić information content (AvgIpc) is 2.96. The number of hydrogen-bond donors (Lipinski definition) is 4. The largest absolute Gasteiger partial charge is 0.394 e. The molecule has 0 saturated carbocycles. The van der Waals surface area contributed by atoms with Gasteiger partial charge in [-0.2, -0.15) is 9.97 Å². The second-order valence-electron chi connectivity index (χ2n) is 5.51. The number of rotatable bonds is 3. The van der Waals surface area contributed by atoms with Crippen molar-refractivity contribution in [3.8, 4) is 0 Å². The number of aromatic nitrogens is 3. The zero-order chi connectivity index (χ0) is 16.9. The van der Waals surface area contributed by atoms with E-state index >= 15 is 0 Å². The van der Waals surface area contributed by atoms with E-state index in [9.17, 15) is 20.1 Å². The molecule has 126 valence electrons. The second kappa shape index (κ2) is 5.39. The first-order valence-electron chi connectivity index (χ1n) is 6.79. The molecular weight excluding hydrogens is 326 g/mol. The molecule has 2 aromatic heterocycles. The second-order valence-corrected chi connectivity index (χ2v) is 6.47. The Labute approximate surface area is 134 Å². The molecule has 2 aromatic rings. The molecule has 0 aliphatic carbocycles. The minimum atomic E-state index is -2.03. The van der Waals surface area contributed by atoms with E-state index in [2.05, 4.69) is 9.97 Å². The fourth-order valence-electron chi connectivity index (χ4n) is 2.60. The van der Waals surface area contributed by atoms with Gasteiger partial charge in [-0.25, -0.2) is 4.57 Å². The zero-order valence-electron chi connectivity index (χ0n) is 12.5. The Morgan fingerprint density at radius 3 is 2.78 bits per heavy atom. The highest BCUT2D eigenvalue weighted by atomic mass is 32.1. The van der Waals surface area contributed by atoms with Crippen LogP contribution in [0.2, 0.25) is 0 Å². The predicted molar refractivity (Wildman–Crippen MR) is 83.4 cm³/mol. The van der Waals surface area contributed by atoms with E-state index in [0.29, 0.717) is 10.5 Å². The van der Waals surface area contributed by atoms with Gasteiger partial charge in [0.25, 0.3) is 0 Å². The quantitative estimate of drug-likeness (QED) is 0.492. The number of ether oxygens (including phenoxy) is 1. The van der Waals surface area contributed by atoms with Crippen molar-refractivity contribution in [3.63, 3.8) is 0 Å². The predicted octanol–water partition coefficient (Wildman–Crippen LogP) is -2.10. The monoisotopic (exact) mass is 343 g/mol. The minimum absolute atomic E-state index is 0.0662. The number of hydrogen-bond acceptors (Lipinski definition) is 10. The summed E-state index contributed by atoms with van der Waals surface area (Å²) >= 11 is 0.835. The van der Waals surface area contributed by atoms with E-state index in [1.165, 1.54) is 0 Å². The van der Waals surface area contributed by atoms with Crippen LogP contribution in [0.15, 0.2) is 4.79 Å². The molecule has 23 heavy (non-hydrogen) atoms. The van der Waals surface area contributed by atoms with Gasteiger partial charge < -0.3 is 30.7 Å². The first-order chi connectivity index (χ1) is 10.8. The zero-order valence-corrected chi connectivity index (χ0v) is 13.3. The fourth-order valence-corrected chi connectivity index (χ4v) is 3.66. The van der Waals surface area contributed by atoms with Crippen LogP contribution in [0.25, 0.3) is 10.3 Å². The van der Waals surface area contributed by atoms with Gasteiger partial charge in [0.2, 0.25) is 5.95 Å². The van der Waals surface area contributed by atoms with E-state index in [0.717, 1.165) is 15.9 Å². The van der Waals surface area contributed by atoms with Crippen LogP contribution in [-0.4, -0.2) is 69.4 Å². The van der Waals surface area contributed by atoms with Crippen LogP contribution in [0.1, 0.15) is 0 Å². The van der Waals surface area contributed by atoms with Crippen molar-refractivity contribution < 1.29 is 20.1 Å². The van der Waals surface area contributed by atoms with Crippen molar-refractivity contribution in [1.29, 1.82) is 0 Å². The summed E-state index contributed by atoms with van der Waals surface area (Å²) in [7, 11) is 3.47. The van der Waals surface area contributed by atoms with Gasteiger partial charge in [0, 0.05) is 14.1 Å². The third-order valence-electron chi connectivity index (χ3n) is 3.76. The maximum atomic E-state index is 12.4. The Bertz CT molecular complexity index is 805. The number of anilines is 2. The molecule has 5 N–H and O–H groups in total. The van der Waals surface area contributed by atoms with Crippen molar-refractivity contribution >= 4 is 33.5 Å². The molecule has 3 heterocycles. The molecule has 3 rings (SSSR count). The number of aliphatic hydroxyl groups excluding tert-OH is 2. The van der Waals surface area contributed by atoms with E-state index in [4.69, 9.17) is 10.5 Å². The van der Waals surface area contributed by atoms with Crippen LogP contribution in [0.4, 0.5) is 11.8 Å². The molecule has 0 amide bonds. The molecule has 10 nitrogen and oxygen atoms in total. The van der Waals surface area contributed by atoms with E-state index in [1.807, 2.05) is 0 Å². The number of thiazole rings is 1. The standard InChI is InChI=1S/C12H17N5O5S/c1-16(2)8-6-9(15-10(13)14-8)17(11(20)23-6)12(21)4-22-5(3-18)7(12)19/h5,7,18-19,21H,3-4H2,1-2H3,(H2,13,14,15)/t5-,7-,12-/m1/s1. The Balaban J connectivity index is 2.27. The van der Waals surface area contributed by atoms with E-state index in [-0.39, 0.29) is 18.2 Å². The lowest BCUT2D eigenvalue weighted by Gasteiger charge is -2.27. The summed E-state index contributed by atoms with van der Waals surface area (Å²) in [6.45, 7) is -0.841. The lowest BCUT2D eigenvalue weighted by Crippen LogP contribution is -2.50. The van der Waals surface area contributed by atoms with Crippen molar-refractivity contribution in [3.05, 3.63) is 9.67 Å². The third kappa shape index (κ3) is 2.28. The van der Waals surface area contributed by atoms with Gasteiger partial charge in [-0.3, -0.25) is 4.79 Å². The molecule has 1 saturated heterocycles. The highest BCUT2D eigenvalue weighted by molar-refractivity contribution is 7.17. The first kappa shape index (κ1) is 16.1. The van der Waals surface area contributed by atoms with E-state index in [1.54, 1.807) is 19.0 Å². The number of aliphatic hydroxyl groups is 3. The molecule has 0 unspecified atom stereocenters. The average molecular weight is 343 g/mol. The summed E-state index contributed by atoms with van der Waals surface area (Å²) in [5.74, 6) is 0.368. The molecule has 0 spiro atoms. The molecule has 1 aliphatic heterocycles. The number of nitrogens with two attached hydrogens (primary N) is 1. The van der Waals surface area contributed by atoms with Gasteiger partial charge in [-0.05, 0) is 0 Å². The molecule has 0 aromatic carbocycles. The Kier molecular flexibility index (Phi) is 3.77. The molecule has 1 fully saturated rings. The maximum absolute atomic E-state index is 12.4. The Hall–Kier alpha value is -1.79. The Morgan fingerprint density at radius 1 is 1.52 bits per heavy atom. The van der Waals surface area contributed by atoms with Crippen molar-refractivity contribution in [2.24, 2.45) is 0 Å². The van der Waals surface area contributed by atoms with Crippen molar-refractivity contribution in [2.75, 3.05) is 37.9 Å². The molecular formula is C12H17N5O5S. The van der Waals surface area contributed by atoms with Crippen LogP contribution in [0.5, 0.6) is 0 Å². The highest BCUT2D eigenvalue weighted by Crippen LogP contribution is 2.34. The normalized spacial score (nSPS) is 27.7. The lowest BCUT2D eigenvalue weighted by atomic mass is 10.1. The smallest absolute Gasteiger partial charge is 0.312 e. The van der Waals surface area contributed by atoms with Crippen LogP contribution in [-0.2, 0) is 10.5 Å². The summed E-state index contributed by atoms with van der Waals surface area (Å²) in [5.41, 5.74) is 3.77. The van der Waals surface area contributed by atoms with E-state index < -0.39 is 29.4 Å². The van der Waals surface area contributed by atoms with Gasteiger partial charge in [0.15, 0.2) is 17.2 Å². The summed E-state index contributed by atoms with van der Waals surface area (Å²) < 4.78 is 6.56. The third-order valence-corrected chi connectivity index (χ3v) is 4.68. The molecule has 11 heteroatoms. The fraction of sp³-hybridized carbons (Fsp3) is 0.583. The van der Waals surface area contributed by atoms with Crippen LogP contribution in [0, 0.1) is 0 Å². The minimum Gasteiger partial charge on any atom is -0.394 e. The molecule has 3 atom stereocenters. The number of nitrogen functional groups attached to an aromatic ring is 1. The number of fused-ring (bicyclic) bond motifs is 1. The van der Waals surface area contributed by atoms with Gasteiger partial charge in [-0.15, -0.1) is 0 Å². The SMILES string of the molecule is CN(C)c1nc(N)nc2c1sc(=O)n2[C@@]1(O)CO[C@H](CO)[C@H]1O. The molecule has 1 aliphatic rings. The molecule has 0 radical (unpaired) electrons. The highest BCUT2D eigenvalue weighted by Gasteiger charge is 2.51.